The molecule has 0 aromatic heterocycles. The predicted octanol–water partition coefficient (Wildman–Crippen LogP) is 2.10. The molecule has 98 valence electrons. The lowest BCUT2D eigenvalue weighted by atomic mass is 9.85. The molecule has 1 aromatic carbocycles. The minimum Gasteiger partial charge on any atom is -0.373 e. The highest BCUT2D eigenvalue weighted by atomic mass is 16.3. The van der Waals surface area contributed by atoms with Crippen LogP contribution in [0.5, 0.6) is 0 Å². The molecule has 0 unspecified atom stereocenters. The van der Waals surface area contributed by atoms with Crippen LogP contribution in [0.15, 0.2) is 36.4 Å². The van der Waals surface area contributed by atoms with Crippen molar-refractivity contribution in [1.82, 2.24) is 0 Å². The summed E-state index contributed by atoms with van der Waals surface area (Å²) < 4.78 is 0. The number of benzene rings is 1. The highest BCUT2D eigenvalue weighted by Crippen LogP contribution is 2.54. The van der Waals surface area contributed by atoms with Crippen molar-refractivity contribution in [2.45, 2.75) is 19.6 Å². The van der Waals surface area contributed by atoms with Crippen LogP contribution >= 0.6 is 0 Å². The van der Waals surface area contributed by atoms with Crippen molar-refractivity contribution in [3.05, 3.63) is 42.0 Å². The number of rotatable bonds is 1. The molecule has 1 aliphatic heterocycles. The molecule has 3 aliphatic rings. The van der Waals surface area contributed by atoms with Gasteiger partial charge in [-0.15, -0.1) is 0 Å². The molecule has 1 saturated heterocycles. The number of anilines is 1. The Morgan fingerprint density at radius 1 is 1.16 bits per heavy atom. The van der Waals surface area contributed by atoms with Crippen molar-refractivity contribution in [1.29, 1.82) is 0 Å². The molecule has 1 N–H and O–H groups in total. The molecule has 2 bridgehead atoms. The Hall–Kier alpha value is -1.61. The molecular weight excluding hydrogens is 238 g/mol. The Labute approximate surface area is 112 Å². The van der Waals surface area contributed by atoms with Gasteiger partial charge in [0.05, 0.1) is 5.92 Å². The normalized spacial score (nSPS) is 39.2. The third-order valence-corrected chi connectivity index (χ3v) is 4.96. The van der Waals surface area contributed by atoms with Gasteiger partial charge in [0.2, 0.25) is 5.91 Å². The van der Waals surface area contributed by atoms with Crippen LogP contribution in [0.25, 0.3) is 0 Å². The molecule has 0 spiro atoms. The van der Waals surface area contributed by atoms with E-state index < -0.39 is 6.23 Å². The van der Waals surface area contributed by atoms with Gasteiger partial charge in [-0.3, -0.25) is 9.69 Å². The number of amides is 1. The lowest BCUT2D eigenvalue weighted by Crippen LogP contribution is -2.36. The fourth-order valence-electron chi connectivity index (χ4n) is 4.06. The maximum atomic E-state index is 12.6. The van der Waals surface area contributed by atoms with Crippen LogP contribution in [0, 0.1) is 30.6 Å². The minimum absolute atomic E-state index is 0.00805. The fourth-order valence-corrected chi connectivity index (χ4v) is 4.06. The molecule has 1 heterocycles. The summed E-state index contributed by atoms with van der Waals surface area (Å²) >= 11 is 0. The number of allylic oxidation sites excluding steroid dienone is 2. The average molecular weight is 255 g/mol. The lowest BCUT2D eigenvalue weighted by molar-refractivity contribution is -0.121. The minimum atomic E-state index is -0.667. The monoisotopic (exact) mass is 255 g/mol. The van der Waals surface area contributed by atoms with E-state index in [2.05, 4.69) is 12.2 Å². The van der Waals surface area contributed by atoms with Gasteiger partial charge in [0, 0.05) is 11.6 Å². The van der Waals surface area contributed by atoms with Crippen LogP contribution in [0.4, 0.5) is 5.69 Å². The van der Waals surface area contributed by atoms with E-state index in [0.29, 0.717) is 11.8 Å². The third kappa shape index (κ3) is 1.39. The third-order valence-electron chi connectivity index (χ3n) is 4.96. The van der Waals surface area contributed by atoms with Gasteiger partial charge >= 0.3 is 0 Å². The van der Waals surface area contributed by atoms with Gasteiger partial charge in [0.15, 0.2) is 0 Å². The first-order chi connectivity index (χ1) is 9.16. The summed E-state index contributed by atoms with van der Waals surface area (Å²) in [5.41, 5.74) is 1.98. The van der Waals surface area contributed by atoms with Gasteiger partial charge in [-0.05, 0) is 37.3 Å². The number of aryl methyl sites for hydroxylation is 1. The van der Waals surface area contributed by atoms with Crippen LogP contribution in [0.2, 0.25) is 0 Å². The first-order valence-corrected chi connectivity index (χ1v) is 6.93. The molecule has 1 saturated carbocycles. The Morgan fingerprint density at radius 3 is 2.53 bits per heavy atom. The smallest absolute Gasteiger partial charge is 0.233 e. The summed E-state index contributed by atoms with van der Waals surface area (Å²) in [4.78, 5) is 14.2. The molecule has 2 aliphatic carbocycles. The zero-order valence-electron chi connectivity index (χ0n) is 10.9. The average Bonchev–Trinajstić information content (AvgIpc) is 3.06. The summed E-state index contributed by atoms with van der Waals surface area (Å²) in [7, 11) is 0. The standard InChI is InChI=1S/C16H17NO2/c1-9-2-6-12(7-3-9)17-15(18)13-10-4-5-11(8-10)14(13)16(17)19/h2-7,10-11,13-15,18H,8H2,1H3/t10-,11-,13+,14+,15+/m0/s1. The summed E-state index contributed by atoms with van der Waals surface area (Å²) in [6, 6.07) is 7.81. The quantitative estimate of drug-likeness (QED) is 0.781. The largest absolute Gasteiger partial charge is 0.373 e. The van der Waals surface area contributed by atoms with Crippen LogP contribution in [0.3, 0.4) is 0 Å². The summed E-state index contributed by atoms with van der Waals surface area (Å²) in [6.45, 7) is 2.02. The Morgan fingerprint density at radius 2 is 1.84 bits per heavy atom. The van der Waals surface area contributed by atoms with Crippen LogP contribution in [-0.2, 0) is 4.79 Å². The number of fused-ring (bicyclic) bond motifs is 5. The summed E-state index contributed by atoms with van der Waals surface area (Å²) in [5, 5.41) is 10.5. The van der Waals surface area contributed by atoms with E-state index in [0.717, 1.165) is 17.7 Å². The van der Waals surface area contributed by atoms with E-state index in [1.807, 2.05) is 31.2 Å². The maximum absolute atomic E-state index is 12.6. The number of hydrogen-bond donors (Lipinski definition) is 1. The van der Waals surface area contributed by atoms with Gasteiger partial charge < -0.3 is 5.11 Å². The van der Waals surface area contributed by atoms with Gasteiger partial charge in [0.25, 0.3) is 0 Å². The zero-order chi connectivity index (χ0) is 13.1. The number of hydrogen-bond acceptors (Lipinski definition) is 2. The molecule has 3 heteroatoms. The first kappa shape index (κ1) is 11.2. The van der Waals surface area contributed by atoms with Crippen LogP contribution in [-0.4, -0.2) is 17.2 Å². The number of aliphatic hydroxyl groups excluding tert-OH is 1. The molecule has 19 heavy (non-hydrogen) atoms. The second-order valence-electron chi connectivity index (χ2n) is 6.01. The van der Waals surface area contributed by atoms with Crippen LogP contribution < -0.4 is 4.90 Å². The topological polar surface area (TPSA) is 40.5 Å². The molecule has 4 rings (SSSR count). The van der Waals surface area contributed by atoms with Crippen molar-refractivity contribution >= 4 is 11.6 Å². The van der Waals surface area contributed by atoms with E-state index in [-0.39, 0.29) is 17.7 Å². The SMILES string of the molecule is Cc1ccc(N2C(=O)[C@H]3[C@H]([C@H]2O)[C@H]2C=C[C@H]3C2)cc1. The molecule has 0 radical (unpaired) electrons. The summed E-state index contributed by atoms with van der Waals surface area (Å²) in [6.07, 6.45) is 4.72. The molecular formula is C16H17NO2. The van der Waals surface area contributed by atoms with Gasteiger partial charge in [0.1, 0.15) is 6.23 Å². The van der Waals surface area contributed by atoms with Gasteiger partial charge in [-0.1, -0.05) is 29.8 Å². The number of carbonyl (C=O) groups is 1. The highest BCUT2D eigenvalue weighted by molar-refractivity contribution is 5.99. The number of nitrogens with zero attached hydrogens (tertiary/aromatic N) is 1. The number of aliphatic hydroxyl groups is 1. The zero-order valence-corrected chi connectivity index (χ0v) is 10.9. The van der Waals surface area contributed by atoms with Crippen molar-refractivity contribution in [3.8, 4) is 0 Å². The van der Waals surface area contributed by atoms with E-state index in [1.165, 1.54) is 0 Å². The predicted molar refractivity (Wildman–Crippen MR) is 72.4 cm³/mol. The van der Waals surface area contributed by atoms with E-state index >= 15 is 0 Å². The molecule has 2 fully saturated rings. The fraction of sp³-hybridized carbons (Fsp3) is 0.438. The Bertz CT molecular complexity index is 563. The lowest BCUT2D eigenvalue weighted by Gasteiger charge is -2.25. The Kier molecular flexibility index (Phi) is 2.19. The number of carbonyl (C=O) groups excluding carboxylic acids is 1. The molecule has 1 amide bonds. The molecule has 3 nitrogen and oxygen atoms in total. The van der Waals surface area contributed by atoms with Crippen molar-refractivity contribution in [2.24, 2.45) is 23.7 Å². The van der Waals surface area contributed by atoms with Crippen molar-refractivity contribution in [2.75, 3.05) is 4.90 Å². The molecule has 1 aromatic rings. The summed E-state index contributed by atoms with van der Waals surface area (Å²) in [5.74, 6) is 0.894. The highest BCUT2D eigenvalue weighted by Gasteiger charge is 2.59. The maximum Gasteiger partial charge on any atom is 0.233 e. The van der Waals surface area contributed by atoms with Gasteiger partial charge in [-0.2, -0.15) is 0 Å². The van der Waals surface area contributed by atoms with E-state index in [9.17, 15) is 9.90 Å². The van der Waals surface area contributed by atoms with Gasteiger partial charge in [-0.25, -0.2) is 0 Å². The molecule has 5 atom stereocenters. The van der Waals surface area contributed by atoms with E-state index in [4.69, 9.17) is 0 Å². The second-order valence-corrected chi connectivity index (χ2v) is 6.01. The van der Waals surface area contributed by atoms with Crippen molar-refractivity contribution < 1.29 is 9.90 Å². The second kappa shape index (κ2) is 3.70. The first-order valence-electron chi connectivity index (χ1n) is 6.93. The Balaban J connectivity index is 1.72. The van der Waals surface area contributed by atoms with Crippen molar-refractivity contribution in [3.63, 3.8) is 0 Å². The van der Waals surface area contributed by atoms with Crippen LogP contribution in [0.1, 0.15) is 12.0 Å². The van der Waals surface area contributed by atoms with E-state index in [1.54, 1.807) is 4.90 Å².